The van der Waals surface area contributed by atoms with Crippen LogP contribution in [0.3, 0.4) is 0 Å². The lowest BCUT2D eigenvalue weighted by atomic mass is 9.86. The van der Waals surface area contributed by atoms with E-state index in [0.29, 0.717) is 16.8 Å². The van der Waals surface area contributed by atoms with Crippen molar-refractivity contribution in [2.75, 3.05) is 27.1 Å². The molecule has 0 atom stereocenters. The zero-order valence-electron chi connectivity index (χ0n) is 18.9. The number of aromatic nitrogens is 2. The standard InChI is InChI=1S/C23H29N3O5/c1-16-13-20(26(5)25-16)21(30-15-31-22(27)29-12-11-28-6)19(14-24)17-7-9-18(10-8-17)23(2,3)4/h7-10,13H,11-12,15H2,1-6H3/b21-19-. The van der Waals surface area contributed by atoms with Crippen LogP contribution < -0.4 is 0 Å². The molecule has 0 saturated carbocycles. The van der Waals surface area contributed by atoms with Gasteiger partial charge in [0.2, 0.25) is 6.79 Å². The molecule has 0 saturated heterocycles. The highest BCUT2D eigenvalue weighted by atomic mass is 16.8. The van der Waals surface area contributed by atoms with Gasteiger partial charge in [-0.3, -0.25) is 4.68 Å². The Bertz CT molecular complexity index is 963. The molecular weight excluding hydrogens is 398 g/mol. The predicted molar refractivity (Wildman–Crippen MR) is 116 cm³/mol. The van der Waals surface area contributed by atoms with Gasteiger partial charge < -0.3 is 18.9 Å². The van der Waals surface area contributed by atoms with Crippen LogP contribution in [0.15, 0.2) is 30.3 Å². The Morgan fingerprint density at radius 3 is 2.32 bits per heavy atom. The molecule has 0 radical (unpaired) electrons. The predicted octanol–water partition coefficient (Wildman–Crippen LogP) is 4.19. The first-order valence-electron chi connectivity index (χ1n) is 9.85. The first-order valence-corrected chi connectivity index (χ1v) is 9.85. The van der Waals surface area contributed by atoms with E-state index in [-0.39, 0.29) is 24.4 Å². The molecule has 0 bridgehead atoms. The average molecular weight is 428 g/mol. The van der Waals surface area contributed by atoms with Crippen LogP contribution in [0.5, 0.6) is 0 Å². The molecule has 0 N–H and O–H groups in total. The minimum Gasteiger partial charge on any atom is -0.454 e. The van der Waals surface area contributed by atoms with E-state index in [1.807, 2.05) is 31.2 Å². The van der Waals surface area contributed by atoms with Gasteiger partial charge in [0.05, 0.1) is 12.3 Å². The summed E-state index contributed by atoms with van der Waals surface area (Å²) in [4.78, 5) is 11.7. The maximum Gasteiger partial charge on any atom is 0.511 e. The number of hydrogen-bond donors (Lipinski definition) is 0. The van der Waals surface area contributed by atoms with Gasteiger partial charge in [0.1, 0.15) is 23.9 Å². The number of rotatable bonds is 8. The fraction of sp³-hybridized carbons (Fsp3) is 0.435. The molecule has 1 aromatic carbocycles. The van der Waals surface area contributed by atoms with Crippen molar-refractivity contribution < 1.29 is 23.7 Å². The topological polar surface area (TPSA) is 95.6 Å². The normalized spacial score (nSPS) is 12.0. The van der Waals surface area contributed by atoms with Crippen molar-refractivity contribution in [2.24, 2.45) is 7.05 Å². The molecule has 1 heterocycles. The van der Waals surface area contributed by atoms with E-state index in [1.54, 1.807) is 17.8 Å². The van der Waals surface area contributed by atoms with E-state index in [2.05, 4.69) is 31.9 Å². The van der Waals surface area contributed by atoms with Crippen molar-refractivity contribution >= 4 is 17.5 Å². The van der Waals surface area contributed by atoms with Gasteiger partial charge in [-0.05, 0) is 29.5 Å². The van der Waals surface area contributed by atoms with Gasteiger partial charge in [-0.25, -0.2) is 4.79 Å². The smallest absolute Gasteiger partial charge is 0.454 e. The molecule has 0 aliphatic carbocycles. The summed E-state index contributed by atoms with van der Waals surface area (Å²) >= 11 is 0. The minimum atomic E-state index is -0.884. The maximum absolute atomic E-state index is 11.7. The number of benzene rings is 1. The lowest BCUT2D eigenvalue weighted by Gasteiger charge is -2.19. The molecule has 0 aliphatic heterocycles. The Balaban J connectivity index is 2.34. The third-order valence-electron chi connectivity index (χ3n) is 4.50. The van der Waals surface area contributed by atoms with Gasteiger partial charge in [-0.1, -0.05) is 45.0 Å². The highest BCUT2D eigenvalue weighted by molar-refractivity contribution is 5.94. The van der Waals surface area contributed by atoms with Crippen LogP contribution in [0.1, 0.15) is 43.3 Å². The van der Waals surface area contributed by atoms with E-state index in [0.717, 1.165) is 11.3 Å². The third kappa shape index (κ3) is 6.59. The Kier molecular flexibility index (Phi) is 8.22. The highest BCUT2D eigenvalue weighted by Crippen LogP contribution is 2.30. The first-order chi connectivity index (χ1) is 14.7. The number of carbonyl (C=O) groups excluding carboxylic acids is 1. The molecule has 0 fully saturated rings. The molecule has 8 nitrogen and oxygen atoms in total. The second-order valence-corrected chi connectivity index (χ2v) is 7.94. The fourth-order valence-corrected chi connectivity index (χ4v) is 2.87. The maximum atomic E-state index is 11.7. The van der Waals surface area contributed by atoms with E-state index in [9.17, 15) is 10.1 Å². The molecule has 8 heteroatoms. The zero-order valence-corrected chi connectivity index (χ0v) is 18.9. The first kappa shape index (κ1) is 24.0. The summed E-state index contributed by atoms with van der Waals surface area (Å²) in [5.74, 6) is 0.263. The van der Waals surface area contributed by atoms with Gasteiger partial charge in [-0.15, -0.1) is 0 Å². The summed E-state index contributed by atoms with van der Waals surface area (Å²) in [6.45, 7) is 8.13. The van der Waals surface area contributed by atoms with Crippen LogP contribution in [-0.4, -0.2) is 43.1 Å². The number of methoxy groups -OCH3 is 1. The molecule has 0 aliphatic rings. The third-order valence-corrected chi connectivity index (χ3v) is 4.50. The largest absolute Gasteiger partial charge is 0.511 e. The van der Waals surface area contributed by atoms with Gasteiger partial charge in [0, 0.05) is 14.2 Å². The molecule has 2 rings (SSSR count). The number of allylic oxidation sites excluding steroid dienone is 1. The van der Waals surface area contributed by atoms with Crippen LogP contribution in [0.4, 0.5) is 4.79 Å². The van der Waals surface area contributed by atoms with E-state index in [4.69, 9.17) is 18.9 Å². The van der Waals surface area contributed by atoms with Gasteiger partial charge in [0.25, 0.3) is 0 Å². The molecule has 166 valence electrons. The Morgan fingerprint density at radius 1 is 1.13 bits per heavy atom. The van der Waals surface area contributed by atoms with E-state index < -0.39 is 12.9 Å². The molecule has 0 unspecified atom stereocenters. The van der Waals surface area contributed by atoms with Crippen molar-refractivity contribution in [1.29, 1.82) is 5.26 Å². The van der Waals surface area contributed by atoms with Crippen molar-refractivity contribution in [2.45, 2.75) is 33.1 Å². The van der Waals surface area contributed by atoms with Crippen molar-refractivity contribution in [3.63, 3.8) is 0 Å². The van der Waals surface area contributed by atoms with E-state index >= 15 is 0 Å². The number of carbonyl (C=O) groups is 1. The summed E-state index contributed by atoms with van der Waals surface area (Å²) in [6, 6.07) is 11.8. The second-order valence-electron chi connectivity index (χ2n) is 7.94. The Hall–Kier alpha value is -3.31. The summed E-state index contributed by atoms with van der Waals surface area (Å²) < 4.78 is 22.0. The van der Waals surface area contributed by atoms with Gasteiger partial charge in [0.15, 0.2) is 5.76 Å². The molecule has 1 aromatic heterocycles. The second kappa shape index (κ2) is 10.6. The van der Waals surface area contributed by atoms with E-state index in [1.165, 1.54) is 7.11 Å². The summed E-state index contributed by atoms with van der Waals surface area (Å²) in [5, 5.41) is 14.3. The molecule has 0 amide bonds. The van der Waals surface area contributed by atoms with Crippen molar-refractivity contribution in [3.8, 4) is 6.07 Å². The number of nitriles is 1. The molecule has 2 aromatic rings. The van der Waals surface area contributed by atoms with Gasteiger partial charge in [-0.2, -0.15) is 10.4 Å². The number of hydrogen-bond acceptors (Lipinski definition) is 7. The average Bonchev–Trinajstić information content (AvgIpc) is 3.05. The van der Waals surface area contributed by atoms with Gasteiger partial charge >= 0.3 is 6.16 Å². The number of ether oxygens (including phenoxy) is 4. The fourth-order valence-electron chi connectivity index (χ4n) is 2.87. The number of nitrogens with zero attached hydrogens (tertiary/aromatic N) is 3. The Morgan fingerprint density at radius 2 is 1.81 bits per heavy atom. The Labute approximate surface area is 183 Å². The lowest BCUT2D eigenvalue weighted by Crippen LogP contribution is -2.14. The zero-order chi connectivity index (χ0) is 23.0. The lowest BCUT2D eigenvalue weighted by molar-refractivity contribution is -0.0130. The quantitative estimate of drug-likeness (QED) is 0.205. The molecule has 0 spiro atoms. The minimum absolute atomic E-state index is 0.00938. The highest BCUT2D eigenvalue weighted by Gasteiger charge is 2.20. The van der Waals surface area contributed by atoms with Crippen molar-refractivity contribution in [1.82, 2.24) is 9.78 Å². The van der Waals surface area contributed by atoms with Crippen molar-refractivity contribution in [3.05, 3.63) is 52.8 Å². The summed E-state index contributed by atoms with van der Waals surface area (Å²) in [7, 11) is 3.26. The summed E-state index contributed by atoms with van der Waals surface area (Å²) in [5.41, 5.74) is 3.48. The van der Waals surface area contributed by atoms with Crippen LogP contribution in [0.2, 0.25) is 0 Å². The molecular formula is C23H29N3O5. The van der Waals surface area contributed by atoms with Crippen LogP contribution in [-0.2, 0) is 31.4 Å². The monoisotopic (exact) mass is 427 g/mol. The van der Waals surface area contributed by atoms with Crippen LogP contribution in [0, 0.1) is 18.3 Å². The summed E-state index contributed by atoms with van der Waals surface area (Å²) in [6.07, 6.45) is -0.884. The number of aryl methyl sites for hydroxylation is 2. The molecule has 31 heavy (non-hydrogen) atoms. The van der Waals surface area contributed by atoms with Crippen LogP contribution >= 0.6 is 0 Å². The van der Waals surface area contributed by atoms with Crippen LogP contribution in [0.25, 0.3) is 11.3 Å². The SMILES string of the molecule is COCCOC(=O)OCO/C(=C(/C#N)c1ccc(C(C)(C)C)cc1)c1cc(C)nn1C.